The van der Waals surface area contributed by atoms with Gasteiger partial charge < -0.3 is 0 Å². The second-order valence-corrected chi connectivity index (χ2v) is 20.4. The van der Waals surface area contributed by atoms with Crippen LogP contribution in [0.2, 0.25) is 9.73 Å². The Labute approximate surface area is 220 Å². The van der Waals surface area contributed by atoms with Crippen LogP contribution < -0.4 is 10.6 Å². The van der Waals surface area contributed by atoms with Crippen LogP contribution in [0, 0.1) is 5.41 Å². The van der Waals surface area contributed by atoms with E-state index in [4.69, 9.17) is 11.6 Å². The van der Waals surface area contributed by atoms with Gasteiger partial charge in [0, 0.05) is 0 Å². The van der Waals surface area contributed by atoms with Crippen LogP contribution in [-0.4, -0.2) is 59.9 Å². The van der Waals surface area contributed by atoms with Crippen LogP contribution in [0.1, 0.15) is 42.6 Å². The molecule has 1 fully saturated rings. The normalized spacial score (nSPS) is 18.4. The molecule has 2 atom stereocenters. The minimum absolute atomic E-state index is 0.167. The number of hydrogen-bond acceptors (Lipinski definition) is 6. The van der Waals surface area contributed by atoms with Crippen molar-refractivity contribution in [3.63, 3.8) is 0 Å². The van der Waals surface area contributed by atoms with Crippen LogP contribution in [-0.2, 0) is 27.6 Å². The van der Waals surface area contributed by atoms with Crippen molar-refractivity contribution >= 4 is 51.0 Å². The zero-order valence-corrected chi connectivity index (χ0v) is 23.9. The van der Waals surface area contributed by atoms with E-state index in [2.05, 4.69) is 29.2 Å². The maximum atomic E-state index is 13.9. The van der Waals surface area contributed by atoms with E-state index < -0.39 is 38.2 Å². The third-order valence-corrected chi connectivity index (χ3v) is 18.8. The molecule has 0 aromatic heterocycles. The Bertz CT molecular complexity index is 1220. The molecule has 8 nitrogen and oxygen atoms in total. The fourth-order valence-corrected chi connectivity index (χ4v) is 16.5. The predicted octanol–water partition coefficient (Wildman–Crippen LogP) is 3.10. The fraction of sp³-hybridized carbons (Fsp3) is 0.400. The summed E-state index contributed by atoms with van der Waals surface area (Å²) in [5, 5.41) is 6.06. The topological polar surface area (TPSA) is 119 Å². The number of halogens is 1. The Morgan fingerprint density at radius 3 is 2.39 bits per heavy atom. The van der Waals surface area contributed by atoms with E-state index in [9.17, 15) is 22.8 Å². The second-order valence-electron chi connectivity index (χ2n) is 9.39. The number of esters is 1. The van der Waals surface area contributed by atoms with Gasteiger partial charge in [-0.15, -0.1) is 0 Å². The summed E-state index contributed by atoms with van der Waals surface area (Å²) in [4.78, 5) is 36.8. The molecule has 1 aliphatic rings. The first-order chi connectivity index (χ1) is 16.9. The fourth-order valence-electron chi connectivity index (χ4n) is 3.97. The quantitative estimate of drug-likeness (QED) is 0.357. The van der Waals surface area contributed by atoms with Crippen LogP contribution in [0.15, 0.2) is 53.4 Å². The summed E-state index contributed by atoms with van der Waals surface area (Å²) in [6.07, 6.45) is 1.26. The van der Waals surface area contributed by atoms with Gasteiger partial charge in [-0.05, 0) is 0 Å². The van der Waals surface area contributed by atoms with Gasteiger partial charge in [0.1, 0.15) is 0 Å². The Morgan fingerprint density at radius 2 is 1.78 bits per heavy atom. The van der Waals surface area contributed by atoms with Crippen molar-refractivity contribution in [2.45, 2.75) is 41.5 Å². The molecule has 3 rings (SSSR count). The van der Waals surface area contributed by atoms with E-state index >= 15 is 0 Å². The number of amides is 2. The minimum atomic E-state index is -3.77. The van der Waals surface area contributed by atoms with Gasteiger partial charge in [-0.3, -0.25) is 0 Å². The summed E-state index contributed by atoms with van der Waals surface area (Å²) in [6, 6.07) is 12.6. The summed E-state index contributed by atoms with van der Waals surface area (Å²) in [7, 11) is -2.53. The van der Waals surface area contributed by atoms with Crippen molar-refractivity contribution in [3.05, 3.63) is 64.7 Å². The van der Waals surface area contributed by atoms with Crippen molar-refractivity contribution in [2.24, 2.45) is 5.41 Å². The molecule has 0 saturated carbocycles. The molecule has 2 amide bonds. The SMILES string of the molecule is COC(=O)CNC(=O)c1ccc(C[As](C2CC(C)(C)CCNC2=O)S(=O)(=O)c2ccc(Cl)cc2)cc1. The maximum absolute atomic E-state index is 13.9. The van der Waals surface area contributed by atoms with E-state index in [0.717, 1.165) is 12.0 Å². The summed E-state index contributed by atoms with van der Waals surface area (Å²) in [6.45, 7) is 4.38. The van der Waals surface area contributed by atoms with Crippen molar-refractivity contribution in [3.8, 4) is 0 Å². The molecule has 2 aromatic rings. The molecule has 2 N–H and O–H groups in total. The molecule has 36 heavy (non-hydrogen) atoms. The number of nitrogens with one attached hydrogen (secondary N) is 2. The van der Waals surface area contributed by atoms with E-state index in [1.165, 1.54) is 19.2 Å². The van der Waals surface area contributed by atoms with Gasteiger partial charge >= 0.3 is 221 Å². The van der Waals surface area contributed by atoms with Gasteiger partial charge in [0.05, 0.1) is 0 Å². The number of ether oxygens (including phenoxy) is 1. The molecule has 2 aromatic carbocycles. The van der Waals surface area contributed by atoms with Gasteiger partial charge in [-0.25, -0.2) is 0 Å². The average molecular weight is 597 g/mol. The van der Waals surface area contributed by atoms with E-state index in [-0.39, 0.29) is 28.0 Å². The van der Waals surface area contributed by atoms with E-state index in [1.54, 1.807) is 36.4 Å². The first-order valence-electron chi connectivity index (χ1n) is 11.4. The summed E-state index contributed by atoms with van der Waals surface area (Å²) in [5.41, 5.74) is 0.871. The zero-order valence-electron chi connectivity index (χ0n) is 20.4. The molecule has 0 radical (unpaired) electrons. The molecule has 0 aliphatic carbocycles. The van der Waals surface area contributed by atoms with Crippen LogP contribution in [0.5, 0.6) is 0 Å². The average Bonchev–Trinajstić information content (AvgIpc) is 2.98. The van der Waals surface area contributed by atoms with Crippen molar-refractivity contribution in [1.82, 2.24) is 10.6 Å². The first kappa shape index (κ1) is 28.2. The van der Waals surface area contributed by atoms with Crippen LogP contribution in [0.3, 0.4) is 0 Å². The standard InChI is InChI=1S/C25H30AsClN2O6S/c1-25(2)12-13-28-24(32)21(14-25)26(36(33,34)20-10-8-19(27)9-11-20)15-17-4-6-18(7-5-17)23(31)29-16-22(30)35-3/h4-11,21H,12-16H2,1-3H3,(H,28,32)(H,29,31). The summed E-state index contributed by atoms with van der Waals surface area (Å²) < 4.78 is 31.7. The van der Waals surface area contributed by atoms with Crippen LogP contribution in [0.25, 0.3) is 0 Å². The predicted molar refractivity (Wildman–Crippen MR) is 139 cm³/mol. The molecule has 1 saturated heterocycles. The van der Waals surface area contributed by atoms with E-state index in [1.807, 2.05) is 0 Å². The molecule has 1 heterocycles. The first-order valence-corrected chi connectivity index (χ1v) is 17.9. The Morgan fingerprint density at radius 1 is 1.14 bits per heavy atom. The number of carbonyl (C=O) groups excluding carboxylic acids is 3. The van der Waals surface area contributed by atoms with Crippen molar-refractivity contribution in [1.29, 1.82) is 0 Å². The molecule has 0 spiro atoms. The number of hydrogen-bond donors (Lipinski definition) is 2. The van der Waals surface area contributed by atoms with Crippen LogP contribution in [0.4, 0.5) is 0 Å². The second kappa shape index (κ2) is 11.8. The summed E-state index contributed by atoms with van der Waals surface area (Å²) in [5.74, 6) is -1.22. The van der Waals surface area contributed by atoms with Crippen molar-refractivity contribution < 1.29 is 27.5 Å². The van der Waals surface area contributed by atoms with Gasteiger partial charge in [-0.1, -0.05) is 0 Å². The third-order valence-electron chi connectivity index (χ3n) is 6.09. The van der Waals surface area contributed by atoms with Crippen molar-refractivity contribution in [2.75, 3.05) is 20.2 Å². The third kappa shape index (κ3) is 7.11. The van der Waals surface area contributed by atoms with E-state index in [0.29, 0.717) is 23.6 Å². The van der Waals surface area contributed by atoms with Gasteiger partial charge in [0.25, 0.3) is 0 Å². The molecular weight excluding hydrogens is 567 g/mol. The molecule has 2 unspecified atom stereocenters. The molecule has 0 bridgehead atoms. The number of carbonyl (C=O) groups is 3. The Hall–Kier alpha value is -2.35. The number of benzene rings is 2. The van der Waals surface area contributed by atoms with Crippen LogP contribution >= 0.6 is 11.6 Å². The molecule has 1 aliphatic heterocycles. The Kier molecular flexibility index (Phi) is 9.25. The van der Waals surface area contributed by atoms with Gasteiger partial charge in [-0.2, -0.15) is 0 Å². The summed E-state index contributed by atoms with van der Waals surface area (Å²) >= 11 is 3.01. The molecular formula is C25H30AsClN2O6S. The molecule has 194 valence electrons. The van der Waals surface area contributed by atoms with Gasteiger partial charge in [0.15, 0.2) is 0 Å². The number of methoxy groups -OCH3 is 1. The Balaban J connectivity index is 1.93. The zero-order chi connectivity index (χ0) is 26.5. The monoisotopic (exact) mass is 596 g/mol. The van der Waals surface area contributed by atoms with Gasteiger partial charge in [0.2, 0.25) is 0 Å². The molecule has 11 heteroatoms. The number of rotatable bonds is 8.